The summed E-state index contributed by atoms with van der Waals surface area (Å²) >= 11 is 0. The summed E-state index contributed by atoms with van der Waals surface area (Å²) in [5, 5.41) is 50.6. The van der Waals surface area contributed by atoms with Gasteiger partial charge >= 0.3 is 0 Å². The van der Waals surface area contributed by atoms with E-state index < -0.39 is 33.6 Å². The average molecular weight is 581 g/mol. The fourth-order valence-corrected chi connectivity index (χ4v) is 4.43. The third kappa shape index (κ3) is 12.6. The van der Waals surface area contributed by atoms with Crippen LogP contribution in [0.25, 0.3) is 0 Å². The molecule has 6 heteroatoms. The molecule has 0 heterocycles. The van der Waals surface area contributed by atoms with Crippen LogP contribution in [0.15, 0.2) is 0 Å². The van der Waals surface area contributed by atoms with E-state index in [4.69, 9.17) is 4.74 Å². The molecule has 0 saturated carbocycles. The normalized spacial score (nSPS) is 22.6. The number of ether oxygens (including phenoxy) is 1. The average Bonchev–Trinajstić information content (AvgIpc) is 2.92. The van der Waals surface area contributed by atoms with Crippen LogP contribution in [0.3, 0.4) is 0 Å². The summed E-state index contributed by atoms with van der Waals surface area (Å²) < 4.78 is 5.64. The summed E-state index contributed by atoms with van der Waals surface area (Å²) in [7, 11) is 0. The van der Waals surface area contributed by atoms with Crippen LogP contribution >= 0.6 is 0 Å². The van der Waals surface area contributed by atoms with Crippen molar-refractivity contribution >= 4 is 0 Å². The van der Waals surface area contributed by atoms with E-state index in [0.717, 1.165) is 17.8 Å². The lowest BCUT2D eigenvalue weighted by Crippen LogP contribution is -2.64. The number of rotatable bonds is 14. The van der Waals surface area contributed by atoms with Crippen LogP contribution in [0.2, 0.25) is 0 Å². The number of hydrogen-bond donors (Lipinski definition) is 5. The van der Waals surface area contributed by atoms with E-state index in [2.05, 4.69) is 34.6 Å². The SMILES string of the molecule is CC.CCC(C)(O)C(C)(O)C(C)(O)CC.CCC(C)C(C)C(C)CC.CCOC(C)(C(C)(O)CC)C(C)(O)CC. The van der Waals surface area contributed by atoms with Gasteiger partial charge in [-0.05, 0) is 91.9 Å². The van der Waals surface area contributed by atoms with Gasteiger partial charge in [0.15, 0.2) is 0 Å². The lowest BCUT2D eigenvalue weighted by molar-refractivity contribution is -0.250. The Morgan fingerprint density at radius 1 is 0.500 bits per heavy atom. The van der Waals surface area contributed by atoms with Crippen LogP contribution in [0, 0.1) is 17.8 Å². The van der Waals surface area contributed by atoms with Crippen molar-refractivity contribution in [3.8, 4) is 0 Å². The standard InChI is InChI=1S/C12H26O3.C10H22O3.C10H22.C2H6/c1-7-10(4,13)12(6,15-9-3)11(5,14)8-2;1-6-8(3,11)10(5,13)9(4,12)7-2;1-6-8(3)10(5)9(4)7-2;1-2/h13-14H,7-9H2,1-6H3;11-13H,6-7H2,1-5H3;8-10H,6-7H2,1-5H3;1-2H3. The summed E-state index contributed by atoms with van der Waals surface area (Å²) in [6.45, 7) is 35.1. The van der Waals surface area contributed by atoms with Gasteiger partial charge in [-0.3, -0.25) is 0 Å². The fraction of sp³-hybridized carbons (Fsp3) is 1.00. The minimum absolute atomic E-state index is 0.399. The molecule has 0 radical (unpaired) electrons. The Morgan fingerprint density at radius 2 is 0.750 bits per heavy atom. The zero-order chi connectivity index (χ0) is 33.4. The highest BCUT2D eigenvalue weighted by Crippen LogP contribution is 2.40. The van der Waals surface area contributed by atoms with E-state index in [-0.39, 0.29) is 0 Å². The largest absolute Gasteiger partial charge is 0.387 e. The lowest BCUT2D eigenvalue weighted by atomic mass is 9.71. The van der Waals surface area contributed by atoms with Crippen molar-refractivity contribution in [3.05, 3.63) is 0 Å². The smallest absolute Gasteiger partial charge is 0.122 e. The predicted octanol–water partition coefficient (Wildman–Crippen LogP) is 7.90. The molecule has 40 heavy (non-hydrogen) atoms. The number of hydrogen-bond acceptors (Lipinski definition) is 6. The molecule has 0 rings (SSSR count). The molecule has 0 spiro atoms. The van der Waals surface area contributed by atoms with Gasteiger partial charge in [-0.15, -0.1) is 0 Å². The molecule has 0 aromatic carbocycles. The highest BCUT2D eigenvalue weighted by atomic mass is 16.5. The molecule has 248 valence electrons. The Balaban J connectivity index is -0.000000240. The highest BCUT2D eigenvalue weighted by Gasteiger charge is 2.54. The van der Waals surface area contributed by atoms with E-state index in [9.17, 15) is 25.5 Å². The number of aliphatic hydroxyl groups is 5. The first-order chi connectivity index (χ1) is 17.9. The van der Waals surface area contributed by atoms with Crippen LogP contribution in [0.5, 0.6) is 0 Å². The molecular formula is C34H76O6. The predicted molar refractivity (Wildman–Crippen MR) is 174 cm³/mol. The summed E-state index contributed by atoms with van der Waals surface area (Å²) in [5.41, 5.74) is -7.06. The van der Waals surface area contributed by atoms with Gasteiger partial charge in [0.05, 0.1) is 22.4 Å². The molecule has 0 aromatic heterocycles. The maximum absolute atomic E-state index is 10.4. The molecular weight excluding hydrogens is 504 g/mol. The van der Waals surface area contributed by atoms with Crippen LogP contribution in [-0.4, -0.2) is 65.7 Å². The molecule has 0 aromatic rings. The molecule has 0 aliphatic heterocycles. The lowest BCUT2D eigenvalue weighted by Gasteiger charge is -2.50. The zero-order valence-corrected chi connectivity index (χ0v) is 30.3. The van der Waals surface area contributed by atoms with E-state index >= 15 is 0 Å². The molecule has 0 aliphatic carbocycles. The van der Waals surface area contributed by atoms with Crippen molar-refractivity contribution in [2.75, 3.05) is 6.61 Å². The molecule has 0 bridgehead atoms. The third-order valence-electron chi connectivity index (χ3n) is 10.4. The first-order valence-corrected chi connectivity index (χ1v) is 16.2. The third-order valence-corrected chi connectivity index (χ3v) is 10.4. The Morgan fingerprint density at radius 3 is 0.925 bits per heavy atom. The fourth-order valence-electron chi connectivity index (χ4n) is 4.43. The maximum atomic E-state index is 10.4. The molecule has 0 amide bonds. The summed E-state index contributed by atoms with van der Waals surface area (Å²) in [6, 6.07) is 0. The molecule has 0 saturated heterocycles. The van der Waals surface area contributed by atoms with Gasteiger partial charge in [0.1, 0.15) is 11.2 Å². The van der Waals surface area contributed by atoms with Gasteiger partial charge < -0.3 is 30.3 Å². The zero-order valence-electron chi connectivity index (χ0n) is 30.3. The molecule has 6 nitrogen and oxygen atoms in total. The van der Waals surface area contributed by atoms with Crippen molar-refractivity contribution < 1.29 is 30.3 Å². The monoisotopic (exact) mass is 581 g/mol. The minimum atomic E-state index is -1.50. The van der Waals surface area contributed by atoms with E-state index in [0.29, 0.717) is 32.3 Å². The van der Waals surface area contributed by atoms with Gasteiger partial charge in [-0.25, -0.2) is 0 Å². The van der Waals surface area contributed by atoms with Crippen molar-refractivity contribution in [2.45, 2.75) is 197 Å². The van der Waals surface area contributed by atoms with Gasteiger partial charge in [-0.2, -0.15) is 0 Å². The Kier molecular flexibility index (Phi) is 23.2. The Hall–Kier alpha value is -0.240. The molecule has 6 atom stereocenters. The highest BCUT2D eigenvalue weighted by molar-refractivity contribution is 5.06. The van der Waals surface area contributed by atoms with Gasteiger partial charge in [0.25, 0.3) is 0 Å². The molecule has 0 fully saturated rings. The van der Waals surface area contributed by atoms with E-state index in [1.165, 1.54) is 33.6 Å². The first kappa shape index (κ1) is 46.7. The molecule has 6 unspecified atom stereocenters. The Labute approximate surface area is 251 Å². The van der Waals surface area contributed by atoms with Gasteiger partial charge in [0.2, 0.25) is 0 Å². The van der Waals surface area contributed by atoms with Crippen molar-refractivity contribution in [1.29, 1.82) is 0 Å². The first-order valence-electron chi connectivity index (χ1n) is 16.2. The van der Waals surface area contributed by atoms with Crippen LogP contribution in [0.1, 0.15) is 163 Å². The quantitative estimate of drug-likeness (QED) is 0.143. The van der Waals surface area contributed by atoms with Gasteiger partial charge in [0, 0.05) is 6.61 Å². The maximum Gasteiger partial charge on any atom is 0.122 e. The van der Waals surface area contributed by atoms with E-state index in [1.807, 2.05) is 34.6 Å². The minimum Gasteiger partial charge on any atom is -0.387 e. The summed E-state index contributed by atoms with van der Waals surface area (Å²) in [4.78, 5) is 0. The van der Waals surface area contributed by atoms with E-state index in [1.54, 1.807) is 34.6 Å². The van der Waals surface area contributed by atoms with Crippen LogP contribution in [0.4, 0.5) is 0 Å². The summed E-state index contributed by atoms with van der Waals surface area (Å²) in [6.07, 6.45) is 4.53. The van der Waals surface area contributed by atoms with Crippen molar-refractivity contribution in [1.82, 2.24) is 0 Å². The van der Waals surface area contributed by atoms with Crippen LogP contribution in [-0.2, 0) is 4.74 Å². The molecule has 0 aliphatic rings. The van der Waals surface area contributed by atoms with Crippen molar-refractivity contribution in [3.63, 3.8) is 0 Å². The second-order valence-corrected chi connectivity index (χ2v) is 12.7. The Bertz CT molecular complexity index is 566. The van der Waals surface area contributed by atoms with Crippen molar-refractivity contribution in [2.24, 2.45) is 17.8 Å². The van der Waals surface area contributed by atoms with Gasteiger partial charge in [-0.1, -0.05) is 89.0 Å². The topological polar surface area (TPSA) is 110 Å². The molecule has 5 N–H and O–H groups in total. The second kappa shape index (κ2) is 19.9. The van der Waals surface area contributed by atoms with Crippen LogP contribution < -0.4 is 0 Å². The summed E-state index contributed by atoms with van der Waals surface area (Å²) in [5.74, 6) is 2.69. The second-order valence-electron chi connectivity index (χ2n) is 12.7.